The highest BCUT2D eigenvalue weighted by molar-refractivity contribution is 7.93. The van der Waals surface area contributed by atoms with Crippen molar-refractivity contribution in [2.45, 2.75) is 11.8 Å². The zero-order chi connectivity index (χ0) is 14.9. The number of anilines is 2. The van der Waals surface area contributed by atoms with Gasteiger partial charge in [0.15, 0.2) is 0 Å². The molecule has 0 bridgehead atoms. The third-order valence-corrected chi connectivity index (χ3v) is 5.39. The van der Waals surface area contributed by atoms with Gasteiger partial charge in [-0.05, 0) is 30.7 Å². The number of nitrogens with zero attached hydrogens (tertiary/aromatic N) is 1. The third kappa shape index (κ3) is 2.46. The first kappa shape index (κ1) is 14.7. The van der Waals surface area contributed by atoms with Gasteiger partial charge in [-0.3, -0.25) is 4.31 Å². The first-order valence-electron chi connectivity index (χ1n) is 5.94. The summed E-state index contributed by atoms with van der Waals surface area (Å²) in [5.41, 5.74) is 7.35. The van der Waals surface area contributed by atoms with E-state index in [9.17, 15) is 8.42 Å². The Morgan fingerprint density at radius 3 is 2.35 bits per heavy atom. The molecule has 0 amide bonds. The number of benzene rings is 2. The first-order valence-corrected chi connectivity index (χ1v) is 7.76. The zero-order valence-corrected chi connectivity index (χ0v) is 12.7. The van der Waals surface area contributed by atoms with Crippen molar-refractivity contribution in [3.05, 3.63) is 53.1 Å². The SMILES string of the molecule is Cc1ccccc1N(C)S(=O)(=O)c1c(N)cccc1Cl. The van der Waals surface area contributed by atoms with Crippen LogP contribution in [0, 0.1) is 6.92 Å². The number of rotatable bonds is 3. The van der Waals surface area contributed by atoms with Gasteiger partial charge >= 0.3 is 0 Å². The van der Waals surface area contributed by atoms with E-state index < -0.39 is 10.0 Å². The first-order chi connectivity index (χ1) is 9.35. The van der Waals surface area contributed by atoms with Crippen molar-refractivity contribution in [1.82, 2.24) is 0 Å². The fraction of sp³-hybridized carbons (Fsp3) is 0.143. The normalized spacial score (nSPS) is 11.3. The quantitative estimate of drug-likeness (QED) is 0.886. The van der Waals surface area contributed by atoms with E-state index in [1.165, 1.54) is 23.5 Å². The van der Waals surface area contributed by atoms with E-state index in [0.29, 0.717) is 5.69 Å². The van der Waals surface area contributed by atoms with Crippen molar-refractivity contribution in [3.63, 3.8) is 0 Å². The van der Waals surface area contributed by atoms with Crippen LogP contribution in [-0.2, 0) is 10.0 Å². The Kier molecular flexibility index (Phi) is 3.92. The summed E-state index contributed by atoms with van der Waals surface area (Å²) in [5, 5.41) is 0.116. The number of aryl methyl sites for hydroxylation is 1. The smallest absolute Gasteiger partial charge is 0.267 e. The van der Waals surface area contributed by atoms with Crippen LogP contribution in [0.3, 0.4) is 0 Å². The molecule has 0 heterocycles. The second kappa shape index (κ2) is 5.34. The summed E-state index contributed by atoms with van der Waals surface area (Å²) in [6.07, 6.45) is 0. The summed E-state index contributed by atoms with van der Waals surface area (Å²) in [4.78, 5) is -0.0626. The Bertz CT molecular complexity index is 724. The molecule has 0 aliphatic rings. The van der Waals surface area contributed by atoms with Crippen LogP contribution in [-0.4, -0.2) is 15.5 Å². The number of nitrogens with two attached hydrogens (primary N) is 1. The van der Waals surface area contributed by atoms with Crippen LogP contribution in [0.5, 0.6) is 0 Å². The molecule has 2 rings (SSSR count). The van der Waals surface area contributed by atoms with Crippen molar-refractivity contribution >= 4 is 33.0 Å². The Balaban J connectivity index is 2.59. The van der Waals surface area contributed by atoms with Crippen LogP contribution in [0.15, 0.2) is 47.4 Å². The highest BCUT2D eigenvalue weighted by Crippen LogP contribution is 2.32. The topological polar surface area (TPSA) is 63.4 Å². The van der Waals surface area contributed by atoms with E-state index in [0.717, 1.165) is 5.56 Å². The molecule has 4 nitrogen and oxygen atoms in total. The van der Waals surface area contributed by atoms with Gasteiger partial charge in [0.05, 0.1) is 16.4 Å². The van der Waals surface area contributed by atoms with E-state index in [2.05, 4.69) is 0 Å². The molecule has 6 heteroatoms. The molecule has 2 aromatic rings. The number of nitrogen functional groups attached to an aromatic ring is 1. The van der Waals surface area contributed by atoms with Gasteiger partial charge in [-0.2, -0.15) is 0 Å². The van der Waals surface area contributed by atoms with E-state index >= 15 is 0 Å². The minimum absolute atomic E-state index is 0.0626. The summed E-state index contributed by atoms with van der Waals surface area (Å²) in [6.45, 7) is 1.84. The predicted molar refractivity (Wildman–Crippen MR) is 82.6 cm³/mol. The molecule has 0 aliphatic carbocycles. The fourth-order valence-corrected chi connectivity index (χ4v) is 3.87. The van der Waals surface area contributed by atoms with Gasteiger partial charge in [0, 0.05) is 7.05 Å². The Morgan fingerprint density at radius 1 is 1.10 bits per heavy atom. The van der Waals surface area contributed by atoms with Crippen molar-refractivity contribution in [2.75, 3.05) is 17.1 Å². The molecular weight excluding hydrogens is 296 g/mol. The molecule has 106 valence electrons. The molecule has 0 atom stereocenters. The Labute approximate surface area is 123 Å². The van der Waals surface area contributed by atoms with Crippen molar-refractivity contribution in [1.29, 1.82) is 0 Å². The van der Waals surface area contributed by atoms with Gasteiger partial charge in [-0.25, -0.2) is 8.42 Å². The lowest BCUT2D eigenvalue weighted by molar-refractivity contribution is 0.594. The van der Waals surface area contributed by atoms with E-state index in [-0.39, 0.29) is 15.6 Å². The zero-order valence-electron chi connectivity index (χ0n) is 11.2. The van der Waals surface area contributed by atoms with Gasteiger partial charge in [-0.15, -0.1) is 0 Å². The number of halogens is 1. The van der Waals surface area contributed by atoms with Crippen molar-refractivity contribution in [3.8, 4) is 0 Å². The Hall–Kier alpha value is -1.72. The summed E-state index contributed by atoms with van der Waals surface area (Å²) in [7, 11) is -2.31. The molecule has 0 aliphatic heterocycles. The van der Waals surface area contributed by atoms with Gasteiger partial charge in [0.2, 0.25) is 0 Å². The second-order valence-corrected chi connectivity index (χ2v) is 6.73. The van der Waals surface area contributed by atoms with Crippen LogP contribution in [0.2, 0.25) is 5.02 Å². The molecular formula is C14H15ClN2O2S. The largest absolute Gasteiger partial charge is 0.398 e. The molecule has 0 radical (unpaired) electrons. The number of para-hydroxylation sites is 1. The molecule has 0 spiro atoms. The molecule has 0 aromatic heterocycles. The maximum absolute atomic E-state index is 12.7. The minimum Gasteiger partial charge on any atom is -0.398 e. The van der Waals surface area contributed by atoms with Crippen molar-refractivity contribution < 1.29 is 8.42 Å². The monoisotopic (exact) mass is 310 g/mol. The van der Waals surface area contributed by atoms with Gasteiger partial charge < -0.3 is 5.73 Å². The average Bonchev–Trinajstić information content (AvgIpc) is 2.38. The second-order valence-electron chi connectivity index (χ2n) is 4.42. The lowest BCUT2D eigenvalue weighted by Crippen LogP contribution is -2.28. The maximum atomic E-state index is 12.7. The molecule has 2 aromatic carbocycles. The predicted octanol–water partition coefficient (Wildman–Crippen LogP) is 3.06. The summed E-state index contributed by atoms with van der Waals surface area (Å²) >= 11 is 6.00. The summed E-state index contributed by atoms with van der Waals surface area (Å²) in [5.74, 6) is 0. The maximum Gasteiger partial charge on any atom is 0.267 e. The van der Waals surface area contributed by atoms with Crippen LogP contribution in [0.25, 0.3) is 0 Å². The van der Waals surface area contributed by atoms with Crippen molar-refractivity contribution in [2.24, 2.45) is 0 Å². The van der Waals surface area contributed by atoms with E-state index in [1.54, 1.807) is 18.2 Å². The average molecular weight is 311 g/mol. The summed E-state index contributed by atoms with van der Waals surface area (Å²) < 4.78 is 26.6. The fourth-order valence-electron chi connectivity index (χ4n) is 1.98. The lowest BCUT2D eigenvalue weighted by Gasteiger charge is -2.22. The number of hydrogen-bond acceptors (Lipinski definition) is 3. The highest BCUT2D eigenvalue weighted by atomic mass is 35.5. The number of sulfonamides is 1. The van der Waals surface area contributed by atoms with E-state index in [4.69, 9.17) is 17.3 Å². The van der Waals surface area contributed by atoms with E-state index in [1.807, 2.05) is 19.1 Å². The van der Waals surface area contributed by atoms with Gasteiger partial charge in [0.25, 0.3) is 10.0 Å². The Morgan fingerprint density at radius 2 is 1.75 bits per heavy atom. The number of hydrogen-bond donors (Lipinski definition) is 1. The van der Waals surface area contributed by atoms with Gasteiger partial charge in [-0.1, -0.05) is 35.9 Å². The van der Waals surface area contributed by atoms with Crippen LogP contribution in [0.1, 0.15) is 5.56 Å². The summed E-state index contributed by atoms with van der Waals surface area (Å²) in [6, 6.07) is 11.9. The third-order valence-electron chi connectivity index (χ3n) is 3.07. The lowest BCUT2D eigenvalue weighted by atomic mass is 10.2. The minimum atomic E-state index is -3.80. The molecule has 20 heavy (non-hydrogen) atoms. The van der Waals surface area contributed by atoms with Gasteiger partial charge in [0.1, 0.15) is 4.90 Å². The molecule has 2 N–H and O–H groups in total. The van der Waals surface area contributed by atoms with Crippen LogP contribution < -0.4 is 10.0 Å². The molecule has 0 fully saturated rings. The molecule has 0 saturated heterocycles. The molecule has 0 saturated carbocycles. The van der Waals surface area contributed by atoms with Crippen LogP contribution in [0.4, 0.5) is 11.4 Å². The van der Waals surface area contributed by atoms with Crippen LogP contribution >= 0.6 is 11.6 Å². The highest BCUT2D eigenvalue weighted by Gasteiger charge is 2.27. The molecule has 0 unspecified atom stereocenters. The standard InChI is InChI=1S/C14H15ClN2O2S/c1-10-6-3-4-9-13(10)17(2)20(18,19)14-11(15)7-5-8-12(14)16/h3-9H,16H2,1-2H3.